The number of nitrogens with zero attached hydrogens (tertiary/aromatic N) is 2. The molecule has 0 aliphatic carbocycles. The van der Waals surface area contributed by atoms with Gasteiger partial charge in [-0.05, 0) is 48.9 Å². The van der Waals surface area contributed by atoms with Gasteiger partial charge in [-0.25, -0.2) is 0 Å². The van der Waals surface area contributed by atoms with Crippen LogP contribution in [-0.2, 0) is 0 Å². The summed E-state index contributed by atoms with van der Waals surface area (Å²) in [6.07, 6.45) is 1.32. The highest BCUT2D eigenvalue weighted by Gasteiger charge is 2.19. The average molecular weight is 399 g/mol. The molecule has 3 aromatic rings. The molecule has 0 saturated heterocycles. The van der Waals surface area contributed by atoms with Gasteiger partial charge in [0.2, 0.25) is 0 Å². The van der Waals surface area contributed by atoms with Crippen molar-refractivity contribution < 1.29 is 9.90 Å². The summed E-state index contributed by atoms with van der Waals surface area (Å²) in [6.45, 7) is 1.73. The maximum absolute atomic E-state index is 12.9. The van der Waals surface area contributed by atoms with Gasteiger partial charge in [0, 0.05) is 21.8 Å². The molecule has 0 spiro atoms. The SMILES string of the molecule is Cc1c(Cl)cccc1-n1cc(C(=O)c2cc(Cl)ccc2O)cc(C#N)c1=O. The Morgan fingerprint density at radius 2 is 1.93 bits per heavy atom. The maximum Gasteiger partial charge on any atom is 0.273 e. The Hall–Kier alpha value is -3.07. The normalized spacial score (nSPS) is 10.4. The third-order valence-corrected chi connectivity index (χ3v) is 4.75. The number of nitriles is 1. The lowest BCUT2D eigenvalue weighted by molar-refractivity contribution is 0.103. The number of carbonyl (C=O) groups excluding carboxylic acids is 1. The molecule has 0 atom stereocenters. The third kappa shape index (κ3) is 3.45. The van der Waals surface area contributed by atoms with Crippen LogP contribution < -0.4 is 5.56 Å². The summed E-state index contributed by atoms with van der Waals surface area (Å²) in [4.78, 5) is 25.5. The van der Waals surface area contributed by atoms with Crippen molar-refractivity contribution in [3.63, 3.8) is 0 Å². The number of benzene rings is 2. The minimum atomic E-state index is -0.574. The fourth-order valence-electron chi connectivity index (χ4n) is 2.67. The highest BCUT2D eigenvalue weighted by molar-refractivity contribution is 6.31. The molecule has 7 heteroatoms. The number of hydrogen-bond donors (Lipinski definition) is 1. The topological polar surface area (TPSA) is 83.1 Å². The van der Waals surface area contributed by atoms with Crippen LogP contribution in [0.25, 0.3) is 5.69 Å². The Bertz CT molecular complexity index is 1180. The van der Waals surface area contributed by atoms with Gasteiger partial charge in [0.15, 0.2) is 5.78 Å². The summed E-state index contributed by atoms with van der Waals surface area (Å²) in [5, 5.41) is 20.0. The lowest BCUT2D eigenvalue weighted by Crippen LogP contribution is -2.23. The van der Waals surface area contributed by atoms with Crippen LogP contribution in [0.4, 0.5) is 0 Å². The number of ketones is 1. The smallest absolute Gasteiger partial charge is 0.273 e. The first-order valence-corrected chi connectivity index (χ1v) is 8.54. The van der Waals surface area contributed by atoms with Crippen LogP contribution >= 0.6 is 23.2 Å². The van der Waals surface area contributed by atoms with Gasteiger partial charge in [0.1, 0.15) is 17.4 Å². The number of carbonyl (C=O) groups is 1. The average Bonchev–Trinajstić information content (AvgIpc) is 2.66. The molecule has 3 rings (SSSR count). The summed E-state index contributed by atoms with van der Waals surface area (Å²) in [5.41, 5.74) is 0.327. The van der Waals surface area contributed by atoms with Crippen LogP contribution in [0.2, 0.25) is 10.0 Å². The predicted molar refractivity (Wildman–Crippen MR) is 103 cm³/mol. The van der Waals surface area contributed by atoms with E-state index in [2.05, 4.69) is 0 Å². The maximum atomic E-state index is 12.9. The first-order valence-electron chi connectivity index (χ1n) is 7.79. The highest BCUT2D eigenvalue weighted by atomic mass is 35.5. The van der Waals surface area contributed by atoms with Crippen LogP contribution in [0.3, 0.4) is 0 Å². The van der Waals surface area contributed by atoms with Crippen molar-refractivity contribution in [3.05, 3.63) is 91.3 Å². The molecule has 0 unspecified atom stereocenters. The molecule has 0 amide bonds. The van der Waals surface area contributed by atoms with E-state index in [1.807, 2.05) is 0 Å². The van der Waals surface area contributed by atoms with Crippen molar-refractivity contribution in [2.24, 2.45) is 0 Å². The summed E-state index contributed by atoms with van der Waals surface area (Å²) >= 11 is 12.0. The van der Waals surface area contributed by atoms with Gasteiger partial charge in [0.05, 0.1) is 11.3 Å². The van der Waals surface area contributed by atoms with Gasteiger partial charge in [-0.3, -0.25) is 14.2 Å². The lowest BCUT2D eigenvalue weighted by Gasteiger charge is -2.13. The van der Waals surface area contributed by atoms with E-state index in [4.69, 9.17) is 23.2 Å². The second-order valence-electron chi connectivity index (χ2n) is 5.80. The molecule has 27 heavy (non-hydrogen) atoms. The Kier molecular flexibility index (Phi) is 5.04. The zero-order chi connectivity index (χ0) is 19.7. The molecule has 2 aromatic carbocycles. The first-order chi connectivity index (χ1) is 12.8. The van der Waals surface area contributed by atoms with E-state index in [1.165, 1.54) is 35.0 Å². The minimum Gasteiger partial charge on any atom is -0.507 e. The summed E-state index contributed by atoms with van der Waals surface area (Å²) < 4.78 is 1.20. The largest absolute Gasteiger partial charge is 0.507 e. The molecule has 0 saturated carbocycles. The molecular formula is C20H12Cl2N2O3. The second kappa shape index (κ2) is 7.28. The lowest BCUT2D eigenvalue weighted by atomic mass is 10.0. The third-order valence-electron chi connectivity index (χ3n) is 4.10. The first kappa shape index (κ1) is 18.7. The fourth-order valence-corrected chi connectivity index (χ4v) is 3.01. The van der Waals surface area contributed by atoms with E-state index >= 15 is 0 Å². The number of phenols is 1. The van der Waals surface area contributed by atoms with Gasteiger partial charge in [0.25, 0.3) is 5.56 Å². The predicted octanol–water partition coefficient (Wildman–Crippen LogP) is 4.26. The Morgan fingerprint density at radius 3 is 2.63 bits per heavy atom. The summed E-state index contributed by atoms with van der Waals surface area (Å²) in [7, 11) is 0. The molecule has 0 radical (unpaired) electrons. The molecule has 134 valence electrons. The number of hydrogen-bond acceptors (Lipinski definition) is 4. The Morgan fingerprint density at radius 1 is 1.19 bits per heavy atom. The molecule has 0 fully saturated rings. The quantitative estimate of drug-likeness (QED) is 0.667. The van der Waals surface area contributed by atoms with Crippen LogP contribution in [-0.4, -0.2) is 15.5 Å². The molecule has 1 heterocycles. The van der Waals surface area contributed by atoms with E-state index in [9.17, 15) is 20.0 Å². The zero-order valence-electron chi connectivity index (χ0n) is 14.0. The molecular weight excluding hydrogens is 387 g/mol. The van der Waals surface area contributed by atoms with E-state index in [0.29, 0.717) is 16.3 Å². The Labute approximate surface area is 164 Å². The number of rotatable bonds is 3. The monoisotopic (exact) mass is 398 g/mol. The van der Waals surface area contributed by atoms with E-state index in [1.54, 1.807) is 31.2 Å². The highest BCUT2D eigenvalue weighted by Crippen LogP contribution is 2.25. The van der Waals surface area contributed by atoms with Crippen molar-refractivity contribution in [1.82, 2.24) is 4.57 Å². The number of aromatic nitrogens is 1. The molecule has 1 aromatic heterocycles. The van der Waals surface area contributed by atoms with E-state index < -0.39 is 11.3 Å². The van der Waals surface area contributed by atoms with Crippen molar-refractivity contribution in [2.75, 3.05) is 0 Å². The number of pyridine rings is 1. The molecule has 0 bridgehead atoms. The zero-order valence-corrected chi connectivity index (χ0v) is 15.5. The molecule has 0 aliphatic heterocycles. The number of phenolic OH excluding ortho intramolecular Hbond substituents is 1. The number of halogens is 2. The fraction of sp³-hybridized carbons (Fsp3) is 0.0500. The van der Waals surface area contributed by atoms with Crippen LogP contribution in [0.5, 0.6) is 5.75 Å². The Balaban J connectivity index is 2.26. The van der Waals surface area contributed by atoms with E-state index in [-0.39, 0.29) is 27.5 Å². The molecule has 1 N–H and O–H groups in total. The van der Waals surface area contributed by atoms with Crippen molar-refractivity contribution in [3.8, 4) is 17.5 Å². The van der Waals surface area contributed by atoms with Gasteiger partial charge in [-0.15, -0.1) is 0 Å². The van der Waals surface area contributed by atoms with Gasteiger partial charge >= 0.3 is 0 Å². The van der Waals surface area contributed by atoms with Crippen LogP contribution in [0.15, 0.2) is 53.5 Å². The summed E-state index contributed by atoms with van der Waals surface area (Å²) in [5.74, 6) is -0.820. The van der Waals surface area contributed by atoms with Crippen molar-refractivity contribution in [2.45, 2.75) is 6.92 Å². The number of aromatic hydroxyl groups is 1. The van der Waals surface area contributed by atoms with Crippen LogP contribution in [0.1, 0.15) is 27.0 Å². The molecule has 5 nitrogen and oxygen atoms in total. The summed E-state index contributed by atoms with van der Waals surface area (Å²) in [6, 6.07) is 12.1. The van der Waals surface area contributed by atoms with Crippen molar-refractivity contribution >= 4 is 29.0 Å². The van der Waals surface area contributed by atoms with Crippen LogP contribution in [0, 0.1) is 18.3 Å². The standard InChI is InChI=1S/C20H12Cl2N2O3/c1-11-16(22)3-2-4-17(11)24-10-13(7-12(9-23)20(24)27)19(26)15-8-14(21)5-6-18(15)25/h2-8,10,25H,1H3. The molecule has 0 aliphatic rings. The van der Waals surface area contributed by atoms with Gasteiger partial charge in [-0.1, -0.05) is 29.3 Å². The van der Waals surface area contributed by atoms with Gasteiger partial charge < -0.3 is 5.11 Å². The second-order valence-corrected chi connectivity index (χ2v) is 6.65. The van der Waals surface area contributed by atoms with Gasteiger partial charge in [-0.2, -0.15) is 5.26 Å². The minimum absolute atomic E-state index is 0.0283. The van der Waals surface area contributed by atoms with E-state index in [0.717, 1.165) is 0 Å². The van der Waals surface area contributed by atoms with Crippen molar-refractivity contribution in [1.29, 1.82) is 5.26 Å².